The lowest BCUT2D eigenvalue weighted by atomic mass is 9.99. The van der Waals surface area contributed by atoms with E-state index in [9.17, 15) is 0 Å². The van der Waals surface area contributed by atoms with Gasteiger partial charge in [0.05, 0.1) is 13.2 Å². The molecule has 0 aliphatic carbocycles. The van der Waals surface area contributed by atoms with E-state index in [-0.39, 0.29) is 0 Å². The molecule has 2 aliphatic heterocycles. The number of fused-ring (bicyclic) bond motifs is 1. The molecule has 128 valence electrons. The largest absolute Gasteiger partial charge is 0.378 e. The zero-order chi connectivity index (χ0) is 16.2. The highest BCUT2D eigenvalue weighted by Crippen LogP contribution is 2.22. The normalized spacial score (nSPS) is 20.8. The molecule has 1 aromatic carbocycles. The maximum Gasteiger partial charge on any atom is 0.132 e. The van der Waals surface area contributed by atoms with Crippen LogP contribution in [0.4, 0.5) is 5.69 Å². The second kappa shape index (κ2) is 7.32. The minimum atomic E-state index is 0.657. The van der Waals surface area contributed by atoms with E-state index in [1.165, 1.54) is 17.7 Å². The summed E-state index contributed by atoms with van der Waals surface area (Å²) in [6.07, 6.45) is 4.09. The molecule has 1 saturated heterocycles. The number of aromatic nitrogens is 3. The van der Waals surface area contributed by atoms with E-state index >= 15 is 0 Å². The zero-order valence-corrected chi connectivity index (χ0v) is 14.0. The number of para-hydroxylation sites is 1. The van der Waals surface area contributed by atoms with Gasteiger partial charge >= 0.3 is 0 Å². The lowest BCUT2D eigenvalue weighted by molar-refractivity contribution is 0.122. The van der Waals surface area contributed by atoms with Crippen LogP contribution in [0.5, 0.6) is 0 Å². The number of nitrogens with zero attached hydrogens (tertiary/aromatic N) is 4. The molecule has 1 aromatic heterocycles. The van der Waals surface area contributed by atoms with Crippen molar-refractivity contribution in [3.8, 4) is 0 Å². The van der Waals surface area contributed by atoms with Gasteiger partial charge in [0.15, 0.2) is 0 Å². The van der Waals surface area contributed by atoms with Gasteiger partial charge in [0, 0.05) is 38.3 Å². The number of nitrogens with one attached hydrogen (secondary N) is 1. The van der Waals surface area contributed by atoms with Crippen molar-refractivity contribution < 1.29 is 4.74 Å². The third-order valence-electron chi connectivity index (χ3n) is 5.02. The monoisotopic (exact) mass is 327 g/mol. The van der Waals surface area contributed by atoms with Crippen LogP contribution < -0.4 is 10.2 Å². The molecule has 1 N–H and O–H groups in total. The summed E-state index contributed by atoms with van der Waals surface area (Å²) in [7, 11) is 0. The second-order valence-corrected chi connectivity index (χ2v) is 6.66. The number of hydrogen-bond donors (Lipinski definition) is 1. The third-order valence-corrected chi connectivity index (χ3v) is 5.02. The van der Waals surface area contributed by atoms with E-state index in [1.54, 1.807) is 0 Å². The Hall–Kier alpha value is -1.92. The Morgan fingerprint density at radius 2 is 2.08 bits per heavy atom. The quantitative estimate of drug-likeness (QED) is 0.901. The smallest absolute Gasteiger partial charge is 0.132 e. The van der Waals surface area contributed by atoms with Gasteiger partial charge in [0.1, 0.15) is 12.2 Å². The summed E-state index contributed by atoms with van der Waals surface area (Å²) in [6, 6.07) is 8.72. The molecule has 4 rings (SSSR count). The Morgan fingerprint density at radius 1 is 1.21 bits per heavy atom. The number of hydrogen-bond acceptors (Lipinski definition) is 5. The molecule has 3 heterocycles. The molecular formula is C18H25N5O. The average Bonchev–Trinajstić information content (AvgIpc) is 3.11. The Kier molecular flexibility index (Phi) is 4.76. The summed E-state index contributed by atoms with van der Waals surface area (Å²) in [5.74, 6) is 1.79. The van der Waals surface area contributed by atoms with E-state index < -0.39 is 0 Å². The van der Waals surface area contributed by atoms with Crippen LogP contribution in [-0.2, 0) is 24.2 Å². The highest BCUT2D eigenvalue weighted by Gasteiger charge is 2.19. The van der Waals surface area contributed by atoms with Crippen LogP contribution >= 0.6 is 0 Å². The van der Waals surface area contributed by atoms with Crippen molar-refractivity contribution in [3.63, 3.8) is 0 Å². The molecule has 1 fully saturated rings. The third kappa shape index (κ3) is 3.44. The van der Waals surface area contributed by atoms with Crippen molar-refractivity contribution in [3.05, 3.63) is 42.0 Å². The maximum absolute atomic E-state index is 5.47. The van der Waals surface area contributed by atoms with E-state index in [0.29, 0.717) is 5.92 Å². The fraction of sp³-hybridized carbons (Fsp3) is 0.556. The SMILES string of the molecule is c1ccc(N2CCOCC2)c(CNCC2CCc3nncn3C2)c1. The van der Waals surface area contributed by atoms with Crippen LogP contribution in [0.15, 0.2) is 30.6 Å². The first kappa shape index (κ1) is 15.6. The number of ether oxygens (including phenoxy) is 1. The number of anilines is 1. The van der Waals surface area contributed by atoms with Crippen LogP contribution in [0.25, 0.3) is 0 Å². The van der Waals surface area contributed by atoms with Crippen molar-refractivity contribution in [2.45, 2.75) is 25.9 Å². The van der Waals surface area contributed by atoms with Gasteiger partial charge in [-0.05, 0) is 30.5 Å². The molecule has 2 aliphatic rings. The first-order chi connectivity index (χ1) is 11.9. The van der Waals surface area contributed by atoms with Crippen LogP contribution in [0.2, 0.25) is 0 Å². The van der Waals surface area contributed by atoms with E-state index in [0.717, 1.165) is 58.2 Å². The molecular weight excluding hydrogens is 302 g/mol. The predicted molar refractivity (Wildman–Crippen MR) is 93.0 cm³/mol. The number of rotatable bonds is 5. The number of aryl methyl sites for hydroxylation is 1. The van der Waals surface area contributed by atoms with Crippen LogP contribution in [-0.4, -0.2) is 47.6 Å². The molecule has 0 spiro atoms. The molecule has 2 aromatic rings. The van der Waals surface area contributed by atoms with Gasteiger partial charge in [-0.1, -0.05) is 18.2 Å². The Labute approximate surface area is 142 Å². The fourth-order valence-electron chi connectivity index (χ4n) is 3.68. The molecule has 6 nitrogen and oxygen atoms in total. The Balaban J connectivity index is 1.33. The van der Waals surface area contributed by atoms with E-state index in [4.69, 9.17) is 4.74 Å². The first-order valence-electron chi connectivity index (χ1n) is 8.88. The maximum atomic E-state index is 5.47. The summed E-state index contributed by atoms with van der Waals surface area (Å²) in [5, 5.41) is 11.8. The zero-order valence-electron chi connectivity index (χ0n) is 14.0. The van der Waals surface area contributed by atoms with Crippen molar-refractivity contribution in [2.24, 2.45) is 5.92 Å². The molecule has 0 saturated carbocycles. The van der Waals surface area contributed by atoms with Crippen molar-refractivity contribution in [1.82, 2.24) is 20.1 Å². The molecule has 0 amide bonds. The summed E-state index contributed by atoms with van der Waals surface area (Å²) in [4.78, 5) is 2.44. The highest BCUT2D eigenvalue weighted by atomic mass is 16.5. The predicted octanol–water partition coefficient (Wildman–Crippen LogP) is 1.47. The lowest BCUT2D eigenvalue weighted by Crippen LogP contribution is -2.37. The summed E-state index contributed by atoms with van der Waals surface area (Å²) in [6.45, 7) is 6.59. The van der Waals surface area contributed by atoms with Crippen LogP contribution in [0, 0.1) is 5.92 Å². The minimum absolute atomic E-state index is 0.657. The van der Waals surface area contributed by atoms with Crippen LogP contribution in [0.1, 0.15) is 17.8 Å². The fourth-order valence-corrected chi connectivity index (χ4v) is 3.68. The number of morpholine rings is 1. The summed E-state index contributed by atoms with van der Waals surface area (Å²) < 4.78 is 7.67. The Morgan fingerprint density at radius 3 is 3.00 bits per heavy atom. The minimum Gasteiger partial charge on any atom is -0.378 e. The van der Waals surface area contributed by atoms with Gasteiger partial charge in [0.2, 0.25) is 0 Å². The van der Waals surface area contributed by atoms with Crippen molar-refractivity contribution in [2.75, 3.05) is 37.7 Å². The summed E-state index contributed by atoms with van der Waals surface area (Å²) >= 11 is 0. The van der Waals surface area contributed by atoms with E-state index in [2.05, 4.69) is 49.2 Å². The van der Waals surface area contributed by atoms with Gasteiger partial charge < -0.3 is 19.5 Å². The molecule has 1 unspecified atom stereocenters. The van der Waals surface area contributed by atoms with Crippen molar-refractivity contribution in [1.29, 1.82) is 0 Å². The molecule has 6 heteroatoms. The Bertz CT molecular complexity index is 665. The molecule has 24 heavy (non-hydrogen) atoms. The van der Waals surface area contributed by atoms with Gasteiger partial charge in [0.25, 0.3) is 0 Å². The highest BCUT2D eigenvalue weighted by molar-refractivity contribution is 5.53. The van der Waals surface area contributed by atoms with Gasteiger partial charge in [-0.3, -0.25) is 0 Å². The first-order valence-corrected chi connectivity index (χ1v) is 8.88. The van der Waals surface area contributed by atoms with Crippen LogP contribution in [0.3, 0.4) is 0 Å². The lowest BCUT2D eigenvalue weighted by Gasteiger charge is -2.31. The molecule has 0 radical (unpaired) electrons. The van der Waals surface area contributed by atoms with Gasteiger partial charge in [-0.25, -0.2) is 0 Å². The van der Waals surface area contributed by atoms with Crippen molar-refractivity contribution >= 4 is 5.69 Å². The standard InChI is InChI=1S/C18H25N5O/c1-2-4-17(22-7-9-24-10-8-22)16(3-1)12-19-11-15-5-6-18-21-20-14-23(18)13-15/h1-4,14-15,19H,5-13H2. The molecule has 1 atom stereocenters. The van der Waals surface area contributed by atoms with Gasteiger partial charge in [-0.2, -0.15) is 0 Å². The topological polar surface area (TPSA) is 55.2 Å². The van der Waals surface area contributed by atoms with E-state index in [1.807, 2.05) is 6.33 Å². The number of benzene rings is 1. The average molecular weight is 327 g/mol. The second-order valence-electron chi connectivity index (χ2n) is 6.66. The van der Waals surface area contributed by atoms with Gasteiger partial charge in [-0.15, -0.1) is 10.2 Å². The molecule has 0 bridgehead atoms. The summed E-state index contributed by atoms with van der Waals surface area (Å²) in [5.41, 5.74) is 2.72.